The molecule has 1 fully saturated rings. The maximum Gasteiger partial charge on any atom is 0.230 e. The summed E-state index contributed by atoms with van der Waals surface area (Å²) in [6.07, 6.45) is 1.43. The average molecular weight is 317 g/mol. The van der Waals surface area contributed by atoms with Gasteiger partial charge in [0.15, 0.2) is 0 Å². The number of rotatable bonds is 4. The van der Waals surface area contributed by atoms with Gasteiger partial charge in [-0.3, -0.25) is 4.79 Å². The van der Waals surface area contributed by atoms with Gasteiger partial charge in [0, 0.05) is 24.8 Å². The summed E-state index contributed by atoms with van der Waals surface area (Å²) in [5.74, 6) is 1.17. The lowest BCUT2D eigenvalue weighted by molar-refractivity contribution is -0.125. The van der Waals surface area contributed by atoms with Gasteiger partial charge >= 0.3 is 0 Å². The lowest BCUT2D eigenvalue weighted by Crippen LogP contribution is -2.38. The molecule has 2 aromatic rings. The molecular formula is C18H20FNO3. The van der Waals surface area contributed by atoms with E-state index in [4.69, 9.17) is 9.15 Å². The van der Waals surface area contributed by atoms with Crippen LogP contribution >= 0.6 is 0 Å². The van der Waals surface area contributed by atoms with Crippen molar-refractivity contribution in [1.29, 1.82) is 0 Å². The van der Waals surface area contributed by atoms with Gasteiger partial charge < -0.3 is 14.1 Å². The molecule has 1 saturated heterocycles. The van der Waals surface area contributed by atoms with Crippen molar-refractivity contribution in [2.75, 3.05) is 18.1 Å². The number of anilines is 1. The van der Waals surface area contributed by atoms with E-state index in [1.54, 1.807) is 17.0 Å². The number of carbonyl (C=O) groups is 1. The SMILES string of the molecule is Cc1ccc(CN(C(=O)C2CCOCC2)c2ccc(F)cc2)o1. The Morgan fingerprint density at radius 2 is 1.87 bits per heavy atom. The Kier molecular flexibility index (Phi) is 4.76. The van der Waals surface area contributed by atoms with E-state index in [0.29, 0.717) is 44.0 Å². The van der Waals surface area contributed by atoms with Crippen LogP contribution in [0.3, 0.4) is 0 Å². The molecule has 0 atom stereocenters. The molecule has 122 valence electrons. The fourth-order valence-electron chi connectivity index (χ4n) is 2.81. The van der Waals surface area contributed by atoms with Crippen LogP contribution in [0.5, 0.6) is 0 Å². The molecule has 5 heteroatoms. The summed E-state index contributed by atoms with van der Waals surface area (Å²) in [5, 5.41) is 0. The van der Waals surface area contributed by atoms with Crippen molar-refractivity contribution in [1.82, 2.24) is 0 Å². The molecule has 0 radical (unpaired) electrons. The highest BCUT2D eigenvalue weighted by Crippen LogP contribution is 2.25. The lowest BCUT2D eigenvalue weighted by Gasteiger charge is -2.29. The van der Waals surface area contributed by atoms with Gasteiger partial charge in [-0.15, -0.1) is 0 Å². The largest absolute Gasteiger partial charge is 0.464 e. The summed E-state index contributed by atoms with van der Waals surface area (Å²) < 4.78 is 24.1. The van der Waals surface area contributed by atoms with Crippen LogP contribution in [0.2, 0.25) is 0 Å². The van der Waals surface area contributed by atoms with E-state index >= 15 is 0 Å². The molecule has 1 aromatic heterocycles. The highest BCUT2D eigenvalue weighted by molar-refractivity contribution is 5.94. The molecule has 0 saturated carbocycles. The van der Waals surface area contributed by atoms with E-state index < -0.39 is 0 Å². The molecule has 23 heavy (non-hydrogen) atoms. The molecular weight excluding hydrogens is 297 g/mol. The number of nitrogens with zero attached hydrogens (tertiary/aromatic N) is 1. The number of hydrogen-bond donors (Lipinski definition) is 0. The standard InChI is InChI=1S/C18H20FNO3/c1-13-2-7-17(23-13)12-20(16-5-3-15(19)4-6-16)18(21)14-8-10-22-11-9-14/h2-7,14H,8-12H2,1H3. The Labute approximate surface area is 134 Å². The van der Waals surface area contributed by atoms with Crippen molar-refractivity contribution < 1.29 is 18.3 Å². The van der Waals surface area contributed by atoms with Gasteiger partial charge in [-0.2, -0.15) is 0 Å². The number of carbonyl (C=O) groups excluding carboxylic acids is 1. The third-order valence-corrected chi connectivity index (χ3v) is 4.08. The quantitative estimate of drug-likeness (QED) is 0.864. The highest BCUT2D eigenvalue weighted by atomic mass is 19.1. The van der Waals surface area contributed by atoms with Gasteiger partial charge in [-0.1, -0.05) is 0 Å². The zero-order valence-electron chi connectivity index (χ0n) is 13.1. The fourth-order valence-corrected chi connectivity index (χ4v) is 2.81. The van der Waals surface area contributed by atoms with Crippen LogP contribution < -0.4 is 4.90 Å². The molecule has 0 aliphatic carbocycles. The van der Waals surface area contributed by atoms with E-state index in [-0.39, 0.29) is 17.6 Å². The van der Waals surface area contributed by atoms with Crippen LogP contribution in [0.15, 0.2) is 40.8 Å². The first-order chi connectivity index (χ1) is 11.1. The van der Waals surface area contributed by atoms with Crippen LogP contribution in [0.25, 0.3) is 0 Å². The van der Waals surface area contributed by atoms with Crippen molar-refractivity contribution in [2.24, 2.45) is 5.92 Å². The Morgan fingerprint density at radius 3 is 2.48 bits per heavy atom. The van der Waals surface area contributed by atoms with E-state index in [1.165, 1.54) is 12.1 Å². The first-order valence-corrected chi connectivity index (χ1v) is 7.83. The molecule has 4 nitrogen and oxygen atoms in total. The minimum absolute atomic E-state index is 0.0361. The minimum atomic E-state index is -0.318. The van der Waals surface area contributed by atoms with Gasteiger partial charge in [0.05, 0.1) is 6.54 Å². The summed E-state index contributed by atoms with van der Waals surface area (Å²) in [6.45, 7) is 3.42. The van der Waals surface area contributed by atoms with Gasteiger partial charge in [0.25, 0.3) is 0 Å². The molecule has 2 heterocycles. The first kappa shape index (κ1) is 15.7. The Morgan fingerprint density at radius 1 is 1.17 bits per heavy atom. The Balaban J connectivity index is 1.85. The molecule has 0 N–H and O–H groups in total. The van der Waals surface area contributed by atoms with Crippen LogP contribution in [-0.4, -0.2) is 19.1 Å². The molecule has 1 aromatic carbocycles. The summed E-state index contributed by atoms with van der Waals surface area (Å²) in [4.78, 5) is 14.6. The normalized spacial score (nSPS) is 15.6. The number of aryl methyl sites for hydroxylation is 1. The highest BCUT2D eigenvalue weighted by Gasteiger charge is 2.28. The number of ether oxygens (including phenoxy) is 1. The Bertz CT molecular complexity index is 659. The zero-order valence-corrected chi connectivity index (χ0v) is 13.1. The fraction of sp³-hybridized carbons (Fsp3) is 0.389. The second-order valence-electron chi connectivity index (χ2n) is 5.80. The number of benzene rings is 1. The molecule has 0 bridgehead atoms. The summed E-state index contributed by atoms with van der Waals surface area (Å²) in [6, 6.07) is 9.73. The summed E-state index contributed by atoms with van der Waals surface area (Å²) in [7, 11) is 0. The van der Waals surface area contributed by atoms with Crippen LogP contribution in [-0.2, 0) is 16.1 Å². The minimum Gasteiger partial charge on any atom is -0.464 e. The molecule has 1 amide bonds. The van der Waals surface area contributed by atoms with E-state index in [0.717, 1.165) is 5.76 Å². The van der Waals surface area contributed by atoms with Crippen molar-refractivity contribution in [3.8, 4) is 0 Å². The summed E-state index contributed by atoms with van der Waals surface area (Å²) >= 11 is 0. The number of halogens is 1. The third kappa shape index (κ3) is 3.79. The number of amides is 1. The zero-order chi connectivity index (χ0) is 16.2. The lowest BCUT2D eigenvalue weighted by atomic mass is 9.98. The van der Waals surface area contributed by atoms with Gasteiger partial charge in [-0.05, 0) is 56.2 Å². The summed E-state index contributed by atoms with van der Waals surface area (Å²) in [5.41, 5.74) is 0.678. The predicted octanol–water partition coefficient (Wildman–Crippen LogP) is 3.69. The van der Waals surface area contributed by atoms with E-state index in [1.807, 2.05) is 19.1 Å². The van der Waals surface area contributed by atoms with Crippen molar-refractivity contribution in [3.05, 3.63) is 53.7 Å². The monoisotopic (exact) mass is 317 g/mol. The molecule has 0 spiro atoms. The first-order valence-electron chi connectivity index (χ1n) is 7.83. The van der Waals surface area contributed by atoms with Crippen LogP contribution in [0.4, 0.5) is 10.1 Å². The van der Waals surface area contributed by atoms with Crippen molar-refractivity contribution in [2.45, 2.75) is 26.3 Å². The van der Waals surface area contributed by atoms with Gasteiger partial charge in [0.1, 0.15) is 17.3 Å². The average Bonchev–Trinajstić information content (AvgIpc) is 2.99. The molecule has 1 aliphatic rings. The number of furan rings is 1. The predicted molar refractivity (Wildman–Crippen MR) is 84.6 cm³/mol. The van der Waals surface area contributed by atoms with Crippen molar-refractivity contribution >= 4 is 11.6 Å². The molecule has 0 unspecified atom stereocenters. The van der Waals surface area contributed by atoms with E-state index in [9.17, 15) is 9.18 Å². The van der Waals surface area contributed by atoms with Crippen molar-refractivity contribution in [3.63, 3.8) is 0 Å². The second kappa shape index (κ2) is 6.96. The Hall–Kier alpha value is -2.14. The smallest absolute Gasteiger partial charge is 0.230 e. The third-order valence-electron chi connectivity index (χ3n) is 4.08. The van der Waals surface area contributed by atoms with Gasteiger partial charge in [-0.25, -0.2) is 4.39 Å². The van der Waals surface area contributed by atoms with Crippen LogP contribution in [0, 0.1) is 18.7 Å². The maximum atomic E-state index is 13.2. The maximum absolute atomic E-state index is 13.2. The molecule has 3 rings (SSSR count). The van der Waals surface area contributed by atoms with E-state index in [2.05, 4.69) is 0 Å². The second-order valence-corrected chi connectivity index (χ2v) is 5.80. The van der Waals surface area contributed by atoms with Gasteiger partial charge in [0.2, 0.25) is 5.91 Å². The molecule has 1 aliphatic heterocycles. The number of hydrogen-bond acceptors (Lipinski definition) is 3. The topological polar surface area (TPSA) is 42.7 Å². The van der Waals surface area contributed by atoms with Crippen LogP contribution in [0.1, 0.15) is 24.4 Å².